The molecule has 0 saturated carbocycles. The summed E-state index contributed by atoms with van der Waals surface area (Å²) in [5.74, 6) is 0. The minimum Gasteiger partial charge on any atom is -0.319 e. The molecule has 1 aromatic heterocycles. The molecule has 4 heteroatoms. The zero-order valence-corrected chi connectivity index (χ0v) is 12.1. The zero-order valence-electron chi connectivity index (χ0n) is 10.6. The molecular weight excluding hydrogens is 291 g/mol. The number of benzene rings is 2. The first-order chi connectivity index (χ1) is 9.65. The highest BCUT2D eigenvalue weighted by atomic mass is 35.5. The van der Waals surface area contributed by atoms with Gasteiger partial charge in [-0.05, 0) is 28.5 Å². The molecule has 0 saturated heterocycles. The highest BCUT2D eigenvalue weighted by molar-refractivity contribution is 6.34. The molecule has 0 fully saturated rings. The van der Waals surface area contributed by atoms with Crippen molar-refractivity contribution >= 4 is 34.0 Å². The molecule has 0 spiro atoms. The Hall–Kier alpha value is -1.61. The van der Waals surface area contributed by atoms with Crippen molar-refractivity contribution in [1.82, 2.24) is 4.98 Å². The SMILES string of the molecule is NC(c1ccc2ccccc2c1)c1ncc(Cl)cc1Cl. The summed E-state index contributed by atoms with van der Waals surface area (Å²) in [6.45, 7) is 0. The Morgan fingerprint density at radius 3 is 2.45 bits per heavy atom. The Morgan fingerprint density at radius 1 is 0.950 bits per heavy atom. The highest BCUT2D eigenvalue weighted by Gasteiger charge is 2.14. The number of fused-ring (bicyclic) bond motifs is 1. The number of halogens is 2. The van der Waals surface area contributed by atoms with Gasteiger partial charge in [0.25, 0.3) is 0 Å². The lowest BCUT2D eigenvalue weighted by molar-refractivity contribution is 0.831. The molecule has 2 N–H and O–H groups in total. The molecule has 0 amide bonds. The van der Waals surface area contributed by atoms with Crippen LogP contribution in [0.2, 0.25) is 10.0 Å². The first-order valence-corrected chi connectivity index (χ1v) is 6.96. The van der Waals surface area contributed by atoms with Crippen LogP contribution in [-0.2, 0) is 0 Å². The fraction of sp³-hybridized carbons (Fsp3) is 0.0625. The smallest absolute Gasteiger partial charge is 0.0803 e. The molecule has 3 aromatic rings. The Morgan fingerprint density at radius 2 is 1.70 bits per heavy atom. The minimum absolute atomic E-state index is 0.371. The highest BCUT2D eigenvalue weighted by Crippen LogP contribution is 2.28. The summed E-state index contributed by atoms with van der Waals surface area (Å²) in [4.78, 5) is 4.25. The van der Waals surface area contributed by atoms with Crippen molar-refractivity contribution < 1.29 is 0 Å². The van der Waals surface area contributed by atoms with Gasteiger partial charge < -0.3 is 5.73 Å². The lowest BCUT2D eigenvalue weighted by atomic mass is 10.00. The van der Waals surface area contributed by atoms with Crippen LogP contribution in [0.4, 0.5) is 0 Å². The summed E-state index contributed by atoms with van der Waals surface area (Å²) < 4.78 is 0. The van der Waals surface area contributed by atoms with Gasteiger partial charge in [0.2, 0.25) is 0 Å². The average Bonchev–Trinajstić information content (AvgIpc) is 2.46. The first kappa shape index (κ1) is 13.4. The largest absolute Gasteiger partial charge is 0.319 e. The predicted octanol–water partition coefficient (Wildman–Crippen LogP) is 4.59. The van der Waals surface area contributed by atoms with Crippen LogP contribution < -0.4 is 5.73 Å². The second-order valence-electron chi connectivity index (χ2n) is 4.60. The maximum absolute atomic E-state index is 6.27. The summed E-state index contributed by atoms with van der Waals surface area (Å²) in [6.07, 6.45) is 1.56. The fourth-order valence-electron chi connectivity index (χ4n) is 2.21. The van der Waals surface area contributed by atoms with Crippen LogP contribution in [0, 0.1) is 0 Å². The Bertz CT molecular complexity index is 771. The van der Waals surface area contributed by atoms with Crippen LogP contribution in [0.25, 0.3) is 10.8 Å². The lowest BCUT2D eigenvalue weighted by Gasteiger charge is -2.14. The molecule has 2 aromatic carbocycles. The van der Waals surface area contributed by atoms with Crippen LogP contribution in [-0.4, -0.2) is 4.98 Å². The quantitative estimate of drug-likeness (QED) is 0.752. The summed E-state index contributed by atoms with van der Waals surface area (Å²) in [6, 6.07) is 15.5. The van der Waals surface area contributed by atoms with E-state index in [1.807, 2.05) is 24.3 Å². The monoisotopic (exact) mass is 302 g/mol. The van der Waals surface area contributed by atoms with E-state index in [1.165, 1.54) is 5.39 Å². The van der Waals surface area contributed by atoms with Gasteiger partial charge >= 0.3 is 0 Å². The molecule has 0 aliphatic rings. The molecular formula is C16H12Cl2N2. The molecule has 1 atom stereocenters. The summed E-state index contributed by atoms with van der Waals surface area (Å²) in [7, 11) is 0. The molecule has 1 unspecified atom stereocenters. The van der Waals surface area contributed by atoms with Gasteiger partial charge in [-0.1, -0.05) is 59.6 Å². The maximum atomic E-state index is 6.27. The molecule has 0 aliphatic carbocycles. The molecule has 1 heterocycles. The van der Waals surface area contributed by atoms with Crippen molar-refractivity contribution in [2.75, 3.05) is 0 Å². The Balaban J connectivity index is 2.05. The number of rotatable bonds is 2. The number of aromatic nitrogens is 1. The molecule has 20 heavy (non-hydrogen) atoms. The van der Waals surface area contributed by atoms with E-state index in [4.69, 9.17) is 28.9 Å². The standard InChI is InChI=1S/C16H12Cl2N2/c17-13-8-14(18)16(20-9-13)15(19)12-6-5-10-3-1-2-4-11(10)7-12/h1-9,15H,19H2. The van der Waals surface area contributed by atoms with Crippen molar-refractivity contribution in [3.63, 3.8) is 0 Å². The second-order valence-corrected chi connectivity index (χ2v) is 5.45. The Kier molecular flexibility index (Phi) is 3.62. The maximum Gasteiger partial charge on any atom is 0.0803 e. The van der Waals surface area contributed by atoms with Gasteiger partial charge in [0.05, 0.1) is 21.8 Å². The third kappa shape index (κ3) is 2.50. The van der Waals surface area contributed by atoms with Crippen LogP contribution in [0.5, 0.6) is 0 Å². The number of pyridine rings is 1. The van der Waals surface area contributed by atoms with E-state index in [1.54, 1.807) is 12.3 Å². The molecule has 2 nitrogen and oxygen atoms in total. The Labute approximate surface area is 127 Å². The normalized spacial score (nSPS) is 12.6. The molecule has 0 radical (unpaired) electrons. The van der Waals surface area contributed by atoms with E-state index in [0.717, 1.165) is 10.9 Å². The van der Waals surface area contributed by atoms with Crippen LogP contribution >= 0.6 is 23.2 Å². The summed E-state index contributed by atoms with van der Waals surface area (Å²) in [5, 5.41) is 3.31. The average molecular weight is 303 g/mol. The molecule has 3 rings (SSSR count). The topological polar surface area (TPSA) is 38.9 Å². The first-order valence-electron chi connectivity index (χ1n) is 6.20. The molecule has 0 aliphatic heterocycles. The molecule has 0 bridgehead atoms. The second kappa shape index (κ2) is 5.41. The zero-order chi connectivity index (χ0) is 14.1. The van der Waals surface area contributed by atoms with Crippen molar-refractivity contribution in [2.45, 2.75) is 6.04 Å². The van der Waals surface area contributed by atoms with Crippen LogP contribution in [0.1, 0.15) is 17.3 Å². The van der Waals surface area contributed by atoms with Crippen LogP contribution in [0.15, 0.2) is 54.7 Å². The van der Waals surface area contributed by atoms with Gasteiger partial charge in [-0.25, -0.2) is 0 Å². The summed E-state index contributed by atoms with van der Waals surface area (Å²) >= 11 is 12.0. The third-order valence-corrected chi connectivity index (χ3v) is 3.77. The number of hydrogen-bond acceptors (Lipinski definition) is 2. The van der Waals surface area contributed by atoms with E-state index in [2.05, 4.69) is 23.2 Å². The van der Waals surface area contributed by atoms with Gasteiger partial charge in [-0.3, -0.25) is 4.98 Å². The van der Waals surface area contributed by atoms with E-state index in [0.29, 0.717) is 15.7 Å². The van der Waals surface area contributed by atoms with Gasteiger partial charge in [0.1, 0.15) is 0 Å². The fourth-order valence-corrected chi connectivity index (χ4v) is 2.71. The van der Waals surface area contributed by atoms with E-state index in [9.17, 15) is 0 Å². The number of hydrogen-bond donors (Lipinski definition) is 1. The lowest BCUT2D eigenvalue weighted by Crippen LogP contribution is -2.14. The van der Waals surface area contributed by atoms with Gasteiger partial charge in [-0.15, -0.1) is 0 Å². The van der Waals surface area contributed by atoms with Crippen molar-refractivity contribution in [1.29, 1.82) is 0 Å². The van der Waals surface area contributed by atoms with Gasteiger partial charge in [0.15, 0.2) is 0 Å². The molecule has 100 valence electrons. The van der Waals surface area contributed by atoms with E-state index in [-0.39, 0.29) is 6.04 Å². The predicted molar refractivity (Wildman–Crippen MR) is 84.2 cm³/mol. The van der Waals surface area contributed by atoms with E-state index >= 15 is 0 Å². The number of nitrogens with two attached hydrogens (primary N) is 1. The third-order valence-electron chi connectivity index (χ3n) is 3.26. The van der Waals surface area contributed by atoms with Crippen molar-refractivity contribution in [2.24, 2.45) is 5.73 Å². The van der Waals surface area contributed by atoms with Crippen LogP contribution in [0.3, 0.4) is 0 Å². The van der Waals surface area contributed by atoms with Crippen molar-refractivity contribution in [3.8, 4) is 0 Å². The summed E-state index contributed by atoms with van der Waals surface area (Å²) in [5.41, 5.74) is 7.87. The van der Waals surface area contributed by atoms with Gasteiger partial charge in [0, 0.05) is 6.20 Å². The van der Waals surface area contributed by atoms with Gasteiger partial charge in [-0.2, -0.15) is 0 Å². The number of nitrogens with zero attached hydrogens (tertiary/aromatic N) is 1. The van der Waals surface area contributed by atoms with Crippen molar-refractivity contribution in [3.05, 3.63) is 76.0 Å². The van der Waals surface area contributed by atoms with E-state index < -0.39 is 0 Å². The minimum atomic E-state index is -0.371.